The van der Waals surface area contributed by atoms with Crippen molar-refractivity contribution in [3.8, 4) is 11.5 Å². The second kappa shape index (κ2) is 9.39. The van der Waals surface area contributed by atoms with E-state index in [1.807, 2.05) is 12.1 Å². The Kier molecular flexibility index (Phi) is 7.04. The number of aromatic nitrogens is 1. The van der Waals surface area contributed by atoms with E-state index >= 15 is 0 Å². The Morgan fingerprint density at radius 2 is 1.94 bits per heavy atom. The van der Waals surface area contributed by atoms with Crippen LogP contribution in [0.4, 0.5) is 10.1 Å². The molecule has 1 saturated carbocycles. The molecule has 1 atom stereocenters. The Morgan fingerprint density at radius 3 is 2.71 bits per heavy atom. The minimum absolute atomic E-state index is 0. The van der Waals surface area contributed by atoms with Gasteiger partial charge in [0.05, 0.1) is 5.69 Å². The molecule has 1 unspecified atom stereocenters. The zero-order chi connectivity index (χ0) is 19.8. The normalized spacial score (nSPS) is 18.5. The van der Waals surface area contributed by atoms with Crippen molar-refractivity contribution in [1.29, 1.82) is 0 Å². The number of fused-ring (bicyclic) bond motifs is 1. The van der Waals surface area contributed by atoms with Gasteiger partial charge in [0.25, 0.3) is 0 Å². The zero-order valence-electron chi connectivity index (χ0n) is 16.8. The van der Waals surface area contributed by atoms with Crippen LogP contribution in [-0.4, -0.2) is 24.0 Å². The quantitative estimate of drug-likeness (QED) is 0.548. The van der Waals surface area contributed by atoms with Crippen molar-refractivity contribution in [2.75, 3.05) is 18.4 Å². The molecule has 5 rings (SSSR count). The Labute approximate surface area is 192 Å². The molecule has 0 bridgehead atoms. The Morgan fingerprint density at radius 1 is 1.13 bits per heavy atom. The molecule has 1 aliphatic carbocycles. The number of nitrogens with one attached hydrogen (secondary N) is 2. The van der Waals surface area contributed by atoms with Crippen LogP contribution in [0, 0.1) is 17.2 Å². The maximum Gasteiger partial charge on any atom is 0.228 e. The van der Waals surface area contributed by atoms with Crippen LogP contribution in [0.25, 0.3) is 10.8 Å². The van der Waals surface area contributed by atoms with Crippen molar-refractivity contribution in [2.45, 2.75) is 19.3 Å². The fourth-order valence-corrected chi connectivity index (χ4v) is 4.43. The highest BCUT2D eigenvalue weighted by atomic mass is 35.5. The molecule has 8 heteroatoms. The summed E-state index contributed by atoms with van der Waals surface area (Å²) in [4.78, 5) is 17.1. The molecule has 2 aliphatic rings. The fourth-order valence-electron chi connectivity index (χ4n) is 4.43. The van der Waals surface area contributed by atoms with Gasteiger partial charge in [0.2, 0.25) is 5.91 Å². The van der Waals surface area contributed by atoms with Gasteiger partial charge in [-0.05, 0) is 68.1 Å². The predicted molar refractivity (Wildman–Crippen MR) is 124 cm³/mol. The molecule has 164 valence electrons. The van der Waals surface area contributed by atoms with Gasteiger partial charge in [0.1, 0.15) is 17.3 Å². The third kappa shape index (κ3) is 4.61. The van der Waals surface area contributed by atoms with Crippen molar-refractivity contribution in [1.82, 2.24) is 10.3 Å². The zero-order valence-corrected chi connectivity index (χ0v) is 18.4. The maximum absolute atomic E-state index is 13.5. The fraction of sp³-hybridized carbons (Fsp3) is 0.304. The Hall–Kier alpha value is -2.41. The largest absolute Gasteiger partial charge is 0.457 e. The van der Waals surface area contributed by atoms with Crippen molar-refractivity contribution in [3.63, 3.8) is 0 Å². The average molecular weight is 464 g/mol. The number of halogens is 3. The summed E-state index contributed by atoms with van der Waals surface area (Å²) in [5.41, 5.74) is 0.907. The second-order valence-corrected chi connectivity index (χ2v) is 7.95. The third-order valence-electron chi connectivity index (χ3n) is 6.17. The molecule has 2 aromatic carbocycles. The Bertz CT molecular complexity index is 1090. The molecule has 2 N–H and O–H groups in total. The molecule has 31 heavy (non-hydrogen) atoms. The highest BCUT2D eigenvalue weighted by Gasteiger charge is 2.57. The smallest absolute Gasteiger partial charge is 0.228 e. The van der Waals surface area contributed by atoms with Gasteiger partial charge < -0.3 is 15.4 Å². The molecule has 1 saturated heterocycles. The van der Waals surface area contributed by atoms with E-state index in [2.05, 4.69) is 15.6 Å². The van der Waals surface area contributed by atoms with Gasteiger partial charge in [-0.2, -0.15) is 0 Å². The van der Waals surface area contributed by atoms with E-state index < -0.39 is 0 Å². The summed E-state index contributed by atoms with van der Waals surface area (Å²) < 4.78 is 19.4. The monoisotopic (exact) mass is 463 g/mol. The van der Waals surface area contributed by atoms with E-state index in [4.69, 9.17) is 4.74 Å². The lowest BCUT2D eigenvalue weighted by atomic mass is 9.91. The van der Waals surface area contributed by atoms with Gasteiger partial charge in [0.15, 0.2) is 0 Å². The summed E-state index contributed by atoms with van der Waals surface area (Å²) in [7, 11) is 0. The highest BCUT2D eigenvalue weighted by Crippen LogP contribution is 2.58. The summed E-state index contributed by atoms with van der Waals surface area (Å²) >= 11 is 0. The lowest BCUT2D eigenvalue weighted by Gasteiger charge is -2.23. The maximum atomic E-state index is 13.5. The molecule has 1 spiro atoms. The molecule has 2 heterocycles. The van der Waals surface area contributed by atoms with Crippen LogP contribution in [0.1, 0.15) is 19.3 Å². The number of carbonyl (C=O) groups excluding carboxylic acids is 1. The molecular weight excluding hydrogens is 440 g/mol. The lowest BCUT2D eigenvalue weighted by molar-refractivity contribution is -0.118. The van der Waals surface area contributed by atoms with Crippen molar-refractivity contribution >= 4 is 47.2 Å². The van der Waals surface area contributed by atoms with Gasteiger partial charge in [-0.25, -0.2) is 4.39 Å². The molecule has 1 amide bonds. The van der Waals surface area contributed by atoms with Gasteiger partial charge in [-0.3, -0.25) is 9.78 Å². The van der Waals surface area contributed by atoms with Crippen LogP contribution in [0.5, 0.6) is 11.5 Å². The molecule has 1 aliphatic heterocycles. The molecule has 1 aromatic heterocycles. The summed E-state index contributed by atoms with van der Waals surface area (Å²) in [6, 6.07) is 11.5. The van der Waals surface area contributed by atoms with Crippen molar-refractivity contribution < 1.29 is 13.9 Å². The summed E-state index contributed by atoms with van der Waals surface area (Å²) in [5, 5.41) is 8.08. The first kappa shape index (κ1) is 23.3. The summed E-state index contributed by atoms with van der Waals surface area (Å²) in [6.07, 6.45) is 6.49. The number of ether oxygens (including phenoxy) is 1. The van der Waals surface area contributed by atoms with Crippen molar-refractivity contribution in [2.24, 2.45) is 11.3 Å². The third-order valence-corrected chi connectivity index (χ3v) is 6.17. The number of rotatable bonds is 4. The van der Waals surface area contributed by atoms with E-state index in [0.717, 1.165) is 48.8 Å². The number of hydrogen-bond donors (Lipinski definition) is 2. The standard InChI is InChI=1S/C23H22FN3O2.2ClH/c24-15-2-1-3-16(12-15)29-21-5-4-20(18-14-26-9-6-17(18)21)27-22(28)19-13-23(19)7-10-25-11-8-23;;/h1-6,9,12,14,19,25H,7-8,10-11,13H2,(H,27,28);2*1H. The van der Waals surface area contributed by atoms with Crippen LogP contribution in [0.3, 0.4) is 0 Å². The summed E-state index contributed by atoms with van der Waals surface area (Å²) in [5.74, 6) is 0.821. The number of benzene rings is 2. The van der Waals surface area contributed by atoms with Gasteiger partial charge in [-0.1, -0.05) is 6.07 Å². The topological polar surface area (TPSA) is 63.2 Å². The number of piperidine rings is 1. The van der Waals surface area contributed by atoms with E-state index in [1.165, 1.54) is 12.1 Å². The molecule has 2 fully saturated rings. The SMILES string of the molecule is Cl.Cl.O=C(Nc1ccc(Oc2cccc(F)c2)c2ccncc12)C1CC12CCNCC2. The number of pyridine rings is 1. The lowest BCUT2D eigenvalue weighted by Crippen LogP contribution is -2.31. The van der Waals surface area contributed by atoms with E-state index in [-0.39, 0.29) is 47.9 Å². The number of anilines is 1. The van der Waals surface area contributed by atoms with E-state index in [0.29, 0.717) is 11.5 Å². The van der Waals surface area contributed by atoms with E-state index in [1.54, 1.807) is 30.6 Å². The minimum Gasteiger partial charge on any atom is -0.457 e. The van der Waals surface area contributed by atoms with Crippen LogP contribution in [0.15, 0.2) is 54.9 Å². The van der Waals surface area contributed by atoms with Gasteiger partial charge in [-0.15, -0.1) is 24.8 Å². The molecule has 0 radical (unpaired) electrons. The Balaban J connectivity index is 0.00000136. The number of hydrogen-bond acceptors (Lipinski definition) is 4. The van der Waals surface area contributed by atoms with Crippen molar-refractivity contribution in [3.05, 3.63) is 60.7 Å². The number of amides is 1. The van der Waals surface area contributed by atoms with Gasteiger partial charge >= 0.3 is 0 Å². The molecule has 3 aromatic rings. The minimum atomic E-state index is -0.353. The van der Waals surface area contributed by atoms with Crippen LogP contribution in [0.2, 0.25) is 0 Å². The highest BCUT2D eigenvalue weighted by molar-refractivity contribution is 6.05. The van der Waals surface area contributed by atoms with E-state index in [9.17, 15) is 9.18 Å². The first-order valence-electron chi connectivity index (χ1n) is 9.96. The van der Waals surface area contributed by atoms with Gasteiger partial charge in [0, 0.05) is 35.2 Å². The van der Waals surface area contributed by atoms with Crippen LogP contribution < -0.4 is 15.4 Å². The molecule has 5 nitrogen and oxygen atoms in total. The second-order valence-electron chi connectivity index (χ2n) is 7.95. The first-order valence-corrected chi connectivity index (χ1v) is 9.96. The summed E-state index contributed by atoms with van der Waals surface area (Å²) in [6.45, 7) is 1.98. The molecular formula is C23H24Cl2FN3O2. The number of nitrogens with zero attached hydrogens (tertiary/aromatic N) is 1. The van der Waals surface area contributed by atoms with Crippen LogP contribution in [-0.2, 0) is 4.79 Å². The van der Waals surface area contributed by atoms with Crippen LogP contribution >= 0.6 is 24.8 Å². The number of carbonyl (C=O) groups is 1. The average Bonchev–Trinajstić information content (AvgIpc) is 3.43. The first-order chi connectivity index (χ1) is 14.1. The predicted octanol–water partition coefficient (Wildman–Crippen LogP) is 5.34.